The molecule has 0 amide bonds. The molecule has 0 N–H and O–H groups in total. The quantitative estimate of drug-likeness (QED) is 0.167. The monoisotopic (exact) mass is 843 g/mol. The third kappa shape index (κ3) is 6.03. The van der Waals surface area contributed by atoms with Crippen molar-refractivity contribution in [3.8, 4) is 78.7 Å². The van der Waals surface area contributed by atoms with Gasteiger partial charge in [-0.15, -0.1) is 0 Å². The maximum absolute atomic E-state index is 6.98. The van der Waals surface area contributed by atoms with Crippen LogP contribution in [0.4, 0.5) is 0 Å². The van der Waals surface area contributed by atoms with Crippen molar-refractivity contribution in [1.82, 2.24) is 15.0 Å². The molecule has 1 aliphatic rings. The summed E-state index contributed by atoms with van der Waals surface area (Å²) in [5.74, 6) is 1.77. The average molecular weight is 844 g/mol. The predicted octanol–water partition coefficient (Wildman–Crippen LogP) is 16.4. The second-order valence-electron chi connectivity index (χ2n) is 17.9. The maximum atomic E-state index is 6.98. The maximum Gasteiger partial charge on any atom is 0.167 e. The van der Waals surface area contributed by atoms with Gasteiger partial charge in [-0.2, -0.15) is 0 Å². The number of hydrogen-bond acceptors (Lipinski definition) is 4. The molecule has 2 heterocycles. The minimum atomic E-state index is -0.179. The van der Waals surface area contributed by atoms with E-state index in [1.165, 1.54) is 49.7 Å². The van der Waals surface area contributed by atoms with Crippen LogP contribution in [0.2, 0.25) is 0 Å². The Bertz CT molecular complexity index is 3890. The molecular formula is C62H41N3O. The van der Waals surface area contributed by atoms with Crippen LogP contribution in [0.5, 0.6) is 0 Å². The summed E-state index contributed by atoms with van der Waals surface area (Å²) in [5, 5.41) is 6.71. The van der Waals surface area contributed by atoms with E-state index in [1.54, 1.807) is 0 Å². The Balaban J connectivity index is 1.01. The van der Waals surface area contributed by atoms with Gasteiger partial charge < -0.3 is 4.42 Å². The molecule has 4 heteroatoms. The summed E-state index contributed by atoms with van der Waals surface area (Å²) in [6.45, 7) is 4.61. The first kappa shape index (κ1) is 38.0. The molecule has 2 aromatic heterocycles. The van der Waals surface area contributed by atoms with E-state index in [0.717, 1.165) is 66.1 Å². The Morgan fingerprint density at radius 2 is 0.864 bits per heavy atom. The van der Waals surface area contributed by atoms with Crippen LogP contribution in [0, 0.1) is 0 Å². The fraction of sp³-hybridized carbons (Fsp3) is 0.0484. The highest BCUT2D eigenvalue weighted by Gasteiger charge is 2.35. The van der Waals surface area contributed by atoms with E-state index in [2.05, 4.69) is 220 Å². The number of rotatable bonds is 6. The van der Waals surface area contributed by atoms with Crippen LogP contribution in [0.1, 0.15) is 25.0 Å². The second kappa shape index (κ2) is 14.8. The zero-order chi connectivity index (χ0) is 43.9. The summed E-state index contributed by atoms with van der Waals surface area (Å²) in [6, 6.07) is 75.6. The van der Waals surface area contributed by atoms with Crippen molar-refractivity contribution in [2.24, 2.45) is 0 Å². The number of aromatic nitrogens is 3. The van der Waals surface area contributed by atoms with Crippen LogP contribution in [-0.4, -0.2) is 15.0 Å². The van der Waals surface area contributed by atoms with E-state index < -0.39 is 0 Å². The largest absolute Gasteiger partial charge is 0.455 e. The molecule has 310 valence electrons. The van der Waals surface area contributed by atoms with Gasteiger partial charge in [0.05, 0.1) is 5.56 Å². The number of furan rings is 1. The Kier molecular flexibility index (Phi) is 8.53. The van der Waals surface area contributed by atoms with Crippen molar-refractivity contribution < 1.29 is 4.42 Å². The van der Waals surface area contributed by atoms with E-state index in [1.807, 2.05) is 6.07 Å². The van der Waals surface area contributed by atoms with Crippen molar-refractivity contribution in [3.05, 3.63) is 223 Å². The molecule has 0 spiro atoms. The Hall–Kier alpha value is -8.47. The summed E-state index contributed by atoms with van der Waals surface area (Å²) in [4.78, 5) is 15.9. The predicted molar refractivity (Wildman–Crippen MR) is 272 cm³/mol. The zero-order valence-electron chi connectivity index (χ0n) is 36.5. The van der Waals surface area contributed by atoms with Gasteiger partial charge >= 0.3 is 0 Å². The highest BCUT2D eigenvalue weighted by Crippen LogP contribution is 2.50. The first-order valence-electron chi connectivity index (χ1n) is 22.6. The third-order valence-electron chi connectivity index (χ3n) is 13.8. The molecule has 1 aliphatic carbocycles. The number of hydrogen-bond donors (Lipinski definition) is 0. The second-order valence-corrected chi connectivity index (χ2v) is 17.9. The van der Waals surface area contributed by atoms with E-state index in [0.29, 0.717) is 17.5 Å². The lowest BCUT2D eigenvalue weighted by Crippen LogP contribution is -2.15. The molecule has 4 nitrogen and oxygen atoms in total. The molecule has 12 aromatic rings. The van der Waals surface area contributed by atoms with Crippen molar-refractivity contribution >= 4 is 43.5 Å². The van der Waals surface area contributed by atoms with Gasteiger partial charge in [-0.25, -0.2) is 15.0 Å². The highest BCUT2D eigenvalue weighted by atomic mass is 16.3. The van der Waals surface area contributed by atoms with Crippen LogP contribution in [0.25, 0.3) is 122 Å². The van der Waals surface area contributed by atoms with Gasteiger partial charge in [0, 0.05) is 27.3 Å². The Labute approximate surface area is 382 Å². The zero-order valence-corrected chi connectivity index (χ0v) is 36.5. The van der Waals surface area contributed by atoms with Crippen LogP contribution in [0.3, 0.4) is 0 Å². The number of benzene rings is 10. The summed E-state index contributed by atoms with van der Waals surface area (Å²) < 4.78 is 6.98. The van der Waals surface area contributed by atoms with Crippen molar-refractivity contribution in [2.45, 2.75) is 19.3 Å². The number of nitrogens with zero attached hydrogens (tertiary/aromatic N) is 3. The third-order valence-corrected chi connectivity index (χ3v) is 13.8. The fourth-order valence-corrected chi connectivity index (χ4v) is 10.4. The summed E-state index contributed by atoms with van der Waals surface area (Å²) >= 11 is 0. The lowest BCUT2D eigenvalue weighted by Gasteiger charge is -2.21. The molecule has 0 atom stereocenters. The lowest BCUT2D eigenvalue weighted by atomic mass is 9.82. The van der Waals surface area contributed by atoms with Gasteiger partial charge in [0.1, 0.15) is 11.2 Å². The standard InChI is InChI=1S/C62H41N3O/c1-62(2)54-24-14-13-23-50(54)51-31-29-44(37-55(51)62)60-63-59(41-27-25-39(26-28-41)38-15-5-3-6-16-38)64-61(65-60)53-36-42-19-9-10-20-47(42)57-52-35-43(30-34-56(52)66-58(53)57)46-33-32-45(40-17-7-4-8-18-40)48-21-11-12-22-49(46)48/h3-37H,1-2H3. The van der Waals surface area contributed by atoms with E-state index in [-0.39, 0.29) is 5.41 Å². The summed E-state index contributed by atoms with van der Waals surface area (Å²) in [5.41, 5.74) is 16.2. The number of fused-ring (bicyclic) bond motifs is 9. The van der Waals surface area contributed by atoms with Gasteiger partial charge in [0.2, 0.25) is 0 Å². The molecule has 0 saturated heterocycles. The Morgan fingerprint density at radius 3 is 1.62 bits per heavy atom. The minimum Gasteiger partial charge on any atom is -0.455 e. The van der Waals surface area contributed by atoms with Gasteiger partial charge in [-0.3, -0.25) is 0 Å². The first-order chi connectivity index (χ1) is 32.5. The fourth-order valence-electron chi connectivity index (χ4n) is 10.4. The topological polar surface area (TPSA) is 51.8 Å². The highest BCUT2D eigenvalue weighted by molar-refractivity contribution is 6.23. The summed E-state index contributed by atoms with van der Waals surface area (Å²) in [7, 11) is 0. The molecule has 0 saturated carbocycles. The lowest BCUT2D eigenvalue weighted by molar-refractivity contribution is 0.660. The van der Waals surface area contributed by atoms with Crippen LogP contribution < -0.4 is 0 Å². The molecule has 0 unspecified atom stereocenters. The van der Waals surface area contributed by atoms with Gasteiger partial charge in [0.15, 0.2) is 17.5 Å². The van der Waals surface area contributed by atoms with E-state index >= 15 is 0 Å². The van der Waals surface area contributed by atoms with Crippen LogP contribution >= 0.6 is 0 Å². The van der Waals surface area contributed by atoms with Crippen molar-refractivity contribution in [3.63, 3.8) is 0 Å². The molecule has 0 radical (unpaired) electrons. The van der Waals surface area contributed by atoms with Gasteiger partial charge in [0.25, 0.3) is 0 Å². The van der Waals surface area contributed by atoms with E-state index in [9.17, 15) is 0 Å². The van der Waals surface area contributed by atoms with Crippen LogP contribution in [-0.2, 0) is 5.41 Å². The van der Waals surface area contributed by atoms with Crippen molar-refractivity contribution in [1.29, 1.82) is 0 Å². The molecule has 10 aromatic carbocycles. The molecule has 0 bridgehead atoms. The smallest absolute Gasteiger partial charge is 0.167 e. The van der Waals surface area contributed by atoms with Crippen molar-refractivity contribution in [2.75, 3.05) is 0 Å². The molecular weight excluding hydrogens is 803 g/mol. The summed E-state index contributed by atoms with van der Waals surface area (Å²) in [6.07, 6.45) is 0. The van der Waals surface area contributed by atoms with Crippen LogP contribution in [0.15, 0.2) is 217 Å². The van der Waals surface area contributed by atoms with Gasteiger partial charge in [-0.05, 0) is 101 Å². The average Bonchev–Trinajstić information content (AvgIpc) is 3.88. The molecule has 13 rings (SSSR count). The molecule has 66 heavy (non-hydrogen) atoms. The normalized spacial score (nSPS) is 12.8. The molecule has 0 fully saturated rings. The van der Waals surface area contributed by atoms with E-state index in [4.69, 9.17) is 19.4 Å². The molecule has 0 aliphatic heterocycles. The minimum absolute atomic E-state index is 0.179. The first-order valence-corrected chi connectivity index (χ1v) is 22.6. The SMILES string of the molecule is CC1(C)c2ccccc2-c2ccc(-c3nc(-c4ccc(-c5ccccc5)cc4)nc(-c4cc5ccccc5c5c4oc4ccc(-c6ccc(-c7ccccc7)c7ccccc67)cc45)n3)cc21. The van der Waals surface area contributed by atoms with Gasteiger partial charge in [-0.1, -0.05) is 202 Å². The Morgan fingerprint density at radius 1 is 0.333 bits per heavy atom.